The molecule has 0 unspecified atom stereocenters. The molecule has 1 atom stereocenters. The first kappa shape index (κ1) is 20.4. The molecule has 2 fully saturated rings. The maximum absolute atomic E-state index is 13.4. The largest absolute Gasteiger partial charge is 0.383 e. The topological polar surface area (TPSA) is 67.9 Å². The van der Waals surface area contributed by atoms with Crippen molar-refractivity contribution < 1.29 is 19.1 Å². The van der Waals surface area contributed by atoms with Crippen LogP contribution in [0.5, 0.6) is 0 Å². The number of halogens is 2. The van der Waals surface area contributed by atoms with Gasteiger partial charge in [0.25, 0.3) is 5.91 Å². The molecule has 1 saturated carbocycles. The molecule has 8 heteroatoms. The summed E-state index contributed by atoms with van der Waals surface area (Å²) in [6.45, 7) is 0.977. The fraction of sp³-hybridized carbons (Fsp3) is 0.579. The summed E-state index contributed by atoms with van der Waals surface area (Å²) in [5.41, 5.74) is -0.334. The highest BCUT2D eigenvalue weighted by atomic mass is 35.5. The lowest BCUT2D eigenvalue weighted by Gasteiger charge is -2.41. The summed E-state index contributed by atoms with van der Waals surface area (Å²) in [6, 6.07) is 4.09. The van der Waals surface area contributed by atoms with Gasteiger partial charge in [0.2, 0.25) is 5.91 Å². The van der Waals surface area contributed by atoms with Crippen molar-refractivity contribution in [3.8, 4) is 0 Å². The third kappa shape index (κ3) is 4.24. The smallest absolute Gasteiger partial charge is 0.256 e. The van der Waals surface area contributed by atoms with Crippen LogP contribution in [0.3, 0.4) is 0 Å². The highest BCUT2D eigenvalue weighted by molar-refractivity contribution is 6.42. The molecular weight excluding hydrogens is 391 g/mol. The van der Waals surface area contributed by atoms with Crippen LogP contribution in [0.15, 0.2) is 18.2 Å². The van der Waals surface area contributed by atoms with E-state index in [1.165, 1.54) is 0 Å². The standard InChI is InChI=1S/C19H24Cl2N2O4/c1-26-10-9-22-17(24)16-12-27-19(7-3-2-4-8-19)23(16)18(25)13-5-6-14(20)15(21)11-13/h5-6,11,16H,2-4,7-10,12H2,1H3,(H,22,24)/t16-/m0/s1. The van der Waals surface area contributed by atoms with Crippen molar-refractivity contribution in [3.05, 3.63) is 33.8 Å². The van der Waals surface area contributed by atoms with Gasteiger partial charge in [0.05, 0.1) is 23.3 Å². The number of carbonyl (C=O) groups is 2. The Morgan fingerprint density at radius 2 is 2.00 bits per heavy atom. The molecule has 1 N–H and O–H groups in total. The lowest BCUT2D eigenvalue weighted by Crippen LogP contribution is -2.56. The first-order valence-corrected chi connectivity index (χ1v) is 9.93. The van der Waals surface area contributed by atoms with Crippen LogP contribution in [0, 0.1) is 0 Å². The lowest BCUT2D eigenvalue weighted by molar-refractivity contribution is -0.127. The molecule has 2 amide bonds. The Hall–Kier alpha value is -1.34. The normalized spacial score (nSPS) is 21.4. The van der Waals surface area contributed by atoms with Crippen LogP contribution >= 0.6 is 23.2 Å². The van der Waals surface area contributed by atoms with Gasteiger partial charge in [-0.15, -0.1) is 0 Å². The van der Waals surface area contributed by atoms with E-state index in [4.69, 9.17) is 32.7 Å². The Labute approximate surface area is 169 Å². The summed E-state index contributed by atoms with van der Waals surface area (Å²) in [4.78, 5) is 27.7. The molecule has 1 heterocycles. The van der Waals surface area contributed by atoms with Gasteiger partial charge in [0.15, 0.2) is 0 Å². The average molecular weight is 415 g/mol. The Morgan fingerprint density at radius 3 is 2.67 bits per heavy atom. The molecule has 0 aromatic heterocycles. The summed E-state index contributed by atoms with van der Waals surface area (Å²) in [6.07, 6.45) is 4.47. The van der Waals surface area contributed by atoms with Crippen molar-refractivity contribution in [1.29, 1.82) is 0 Å². The van der Waals surface area contributed by atoms with Crippen molar-refractivity contribution >= 4 is 35.0 Å². The second-order valence-corrected chi connectivity index (χ2v) is 7.74. The van der Waals surface area contributed by atoms with E-state index < -0.39 is 11.8 Å². The van der Waals surface area contributed by atoms with E-state index in [0.717, 1.165) is 32.1 Å². The molecular formula is C19H24Cl2N2O4. The highest BCUT2D eigenvalue weighted by Gasteiger charge is 2.52. The summed E-state index contributed by atoms with van der Waals surface area (Å²) < 4.78 is 11.1. The summed E-state index contributed by atoms with van der Waals surface area (Å²) in [5, 5.41) is 3.51. The van der Waals surface area contributed by atoms with E-state index in [9.17, 15) is 9.59 Å². The first-order chi connectivity index (χ1) is 13.0. The fourth-order valence-corrected chi connectivity index (χ4v) is 4.13. The van der Waals surface area contributed by atoms with Crippen molar-refractivity contribution in [2.75, 3.05) is 26.9 Å². The number of nitrogens with one attached hydrogen (secondary N) is 1. The number of ether oxygens (including phenoxy) is 2. The summed E-state index contributed by atoms with van der Waals surface area (Å²) >= 11 is 12.1. The van der Waals surface area contributed by atoms with E-state index in [1.807, 2.05) is 0 Å². The molecule has 0 radical (unpaired) electrons. The van der Waals surface area contributed by atoms with Crippen LogP contribution in [0.25, 0.3) is 0 Å². The molecule has 1 aromatic rings. The lowest BCUT2D eigenvalue weighted by atomic mass is 9.89. The molecule has 1 aliphatic heterocycles. The number of rotatable bonds is 5. The number of benzene rings is 1. The molecule has 1 aromatic carbocycles. The van der Waals surface area contributed by atoms with Crippen LogP contribution in [0.2, 0.25) is 10.0 Å². The Kier molecular flexibility index (Phi) is 6.63. The minimum absolute atomic E-state index is 0.186. The third-order valence-corrected chi connectivity index (χ3v) is 5.93. The fourth-order valence-electron chi connectivity index (χ4n) is 3.83. The van der Waals surface area contributed by atoms with Gasteiger partial charge < -0.3 is 14.8 Å². The number of methoxy groups -OCH3 is 1. The van der Waals surface area contributed by atoms with Crippen molar-refractivity contribution in [2.45, 2.75) is 43.9 Å². The maximum Gasteiger partial charge on any atom is 0.256 e. The maximum atomic E-state index is 13.4. The minimum Gasteiger partial charge on any atom is -0.383 e. The second-order valence-electron chi connectivity index (χ2n) is 6.92. The number of carbonyl (C=O) groups excluding carboxylic acids is 2. The summed E-state index contributed by atoms with van der Waals surface area (Å²) in [7, 11) is 1.57. The van der Waals surface area contributed by atoms with Crippen molar-refractivity contribution in [2.24, 2.45) is 0 Å². The molecule has 1 aliphatic carbocycles. The first-order valence-electron chi connectivity index (χ1n) is 9.18. The van der Waals surface area contributed by atoms with E-state index in [-0.39, 0.29) is 18.4 Å². The molecule has 0 bridgehead atoms. The predicted octanol–water partition coefficient (Wildman–Crippen LogP) is 3.26. The van der Waals surface area contributed by atoms with E-state index in [2.05, 4.69) is 5.32 Å². The van der Waals surface area contributed by atoms with Crippen LogP contribution in [-0.2, 0) is 14.3 Å². The zero-order valence-electron chi connectivity index (χ0n) is 15.3. The van der Waals surface area contributed by atoms with Gasteiger partial charge in [-0.2, -0.15) is 0 Å². The monoisotopic (exact) mass is 414 g/mol. The quantitative estimate of drug-likeness (QED) is 0.750. The average Bonchev–Trinajstić information content (AvgIpc) is 3.02. The molecule has 27 heavy (non-hydrogen) atoms. The Balaban J connectivity index is 1.88. The number of hydrogen-bond acceptors (Lipinski definition) is 4. The Morgan fingerprint density at radius 1 is 1.26 bits per heavy atom. The van der Waals surface area contributed by atoms with E-state index in [0.29, 0.717) is 28.8 Å². The molecule has 148 valence electrons. The second kappa shape index (κ2) is 8.78. The van der Waals surface area contributed by atoms with E-state index in [1.54, 1.807) is 30.2 Å². The molecule has 2 aliphatic rings. The Bertz CT molecular complexity index is 707. The van der Waals surface area contributed by atoms with Gasteiger partial charge in [-0.3, -0.25) is 14.5 Å². The van der Waals surface area contributed by atoms with Crippen molar-refractivity contribution in [1.82, 2.24) is 10.2 Å². The van der Waals surface area contributed by atoms with Gasteiger partial charge in [-0.1, -0.05) is 29.6 Å². The molecule has 6 nitrogen and oxygen atoms in total. The van der Waals surface area contributed by atoms with Crippen LogP contribution < -0.4 is 5.32 Å². The van der Waals surface area contributed by atoms with Crippen LogP contribution in [-0.4, -0.2) is 55.3 Å². The van der Waals surface area contributed by atoms with Gasteiger partial charge in [-0.25, -0.2) is 0 Å². The van der Waals surface area contributed by atoms with Crippen LogP contribution in [0.1, 0.15) is 42.5 Å². The molecule has 1 saturated heterocycles. The minimum atomic E-state index is -0.731. The number of hydrogen-bond donors (Lipinski definition) is 1. The third-order valence-electron chi connectivity index (χ3n) is 5.19. The molecule has 3 rings (SSSR count). The SMILES string of the molecule is COCCNC(=O)[C@@H]1COC2(CCCCC2)N1C(=O)c1ccc(Cl)c(Cl)c1. The van der Waals surface area contributed by atoms with E-state index >= 15 is 0 Å². The summed E-state index contributed by atoms with van der Waals surface area (Å²) in [5.74, 6) is -0.497. The molecule has 1 spiro atoms. The van der Waals surface area contributed by atoms with Crippen LogP contribution in [0.4, 0.5) is 0 Å². The predicted molar refractivity (Wildman–Crippen MR) is 103 cm³/mol. The van der Waals surface area contributed by atoms with Gasteiger partial charge in [0, 0.05) is 19.2 Å². The van der Waals surface area contributed by atoms with Crippen molar-refractivity contribution in [3.63, 3.8) is 0 Å². The number of nitrogens with zero attached hydrogens (tertiary/aromatic N) is 1. The highest BCUT2D eigenvalue weighted by Crippen LogP contribution is 2.41. The number of amides is 2. The van der Waals surface area contributed by atoms with Gasteiger partial charge in [-0.05, 0) is 43.9 Å². The van der Waals surface area contributed by atoms with Gasteiger partial charge >= 0.3 is 0 Å². The zero-order chi connectivity index (χ0) is 19.4. The van der Waals surface area contributed by atoms with Gasteiger partial charge in [0.1, 0.15) is 11.8 Å². The zero-order valence-corrected chi connectivity index (χ0v) is 16.8.